The van der Waals surface area contributed by atoms with Crippen LogP contribution in [0, 0.1) is 18.3 Å². The lowest BCUT2D eigenvalue weighted by Crippen LogP contribution is -2.40. The highest BCUT2D eigenvalue weighted by atomic mass is 35.5. The third-order valence-corrected chi connectivity index (χ3v) is 4.74. The van der Waals surface area contributed by atoms with Crippen molar-refractivity contribution in [3.8, 4) is 0 Å². The number of nitrogens with two attached hydrogens (primary N) is 1. The number of hydrogen-bond donors (Lipinski definition) is 2. The zero-order valence-corrected chi connectivity index (χ0v) is 14.4. The summed E-state index contributed by atoms with van der Waals surface area (Å²) in [6, 6.07) is 0.211. The van der Waals surface area contributed by atoms with Crippen LogP contribution in [0.2, 0.25) is 5.02 Å². The van der Waals surface area contributed by atoms with Crippen LogP contribution in [0.15, 0.2) is 0 Å². The van der Waals surface area contributed by atoms with Crippen molar-refractivity contribution < 1.29 is 0 Å². The van der Waals surface area contributed by atoms with E-state index in [1.165, 1.54) is 0 Å². The molecule has 0 saturated heterocycles. The Kier molecular flexibility index (Phi) is 6.05. The first kappa shape index (κ1) is 17.5. The molecule has 0 aromatic carbocycles. The Morgan fingerprint density at radius 3 is 2.45 bits per heavy atom. The molecule has 116 valence electrons. The van der Waals surface area contributed by atoms with E-state index in [2.05, 4.69) is 45.1 Å². The molecule has 2 unspecified atom stereocenters. The van der Waals surface area contributed by atoms with Crippen molar-refractivity contribution in [1.82, 2.24) is 15.2 Å². The van der Waals surface area contributed by atoms with Crippen molar-refractivity contribution >= 4 is 11.6 Å². The second-order valence-corrected chi connectivity index (χ2v) is 7.11. The first-order chi connectivity index (χ1) is 9.20. The van der Waals surface area contributed by atoms with Crippen LogP contribution in [0.4, 0.5) is 0 Å². The van der Waals surface area contributed by atoms with Gasteiger partial charge in [-0.2, -0.15) is 5.10 Å². The van der Waals surface area contributed by atoms with E-state index in [-0.39, 0.29) is 11.5 Å². The third-order valence-electron chi connectivity index (χ3n) is 4.24. The number of nitrogens with one attached hydrogen (secondary N) is 1. The first-order valence-electron chi connectivity index (χ1n) is 7.38. The summed E-state index contributed by atoms with van der Waals surface area (Å²) in [5.74, 6) is 6.31. The average Bonchev–Trinajstić information content (AvgIpc) is 2.64. The third kappa shape index (κ3) is 4.21. The lowest BCUT2D eigenvalue weighted by Gasteiger charge is -2.30. The topological polar surface area (TPSA) is 55.9 Å². The predicted octanol–water partition coefficient (Wildman–Crippen LogP) is 3.31. The summed E-state index contributed by atoms with van der Waals surface area (Å²) in [4.78, 5) is 0. The van der Waals surface area contributed by atoms with Crippen LogP contribution in [-0.4, -0.2) is 15.8 Å². The number of hydrazine groups is 1. The summed E-state index contributed by atoms with van der Waals surface area (Å²) in [6.07, 6.45) is 1.83. The van der Waals surface area contributed by atoms with Gasteiger partial charge in [0.25, 0.3) is 0 Å². The molecule has 0 radical (unpaired) electrons. The van der Waals surface area contributed by atoms with Crippen LogP contribution >= 0.6 is 11.6 Å². The maximum absolute atomic E-state index is 6.37. The van der Waals surface area contributed by atoms with Gasteiger partial charge in [-0.25, -0.2) is 0 Å². The second-order valence-electron chi connectivity index (χ2n) is 6.73. The molecule has 2 atom stereocenters. The van der Waals surface area contributed by atoms with Gasteiger partial charge in [-0.1, -0.05) is 39.3 Å². The van der Waals surface area contributed by atoms with Gasteiger partial charge >= 0.3 is 0 Å². The molecule has 3 N–H and O–H groups in total. The first-order valence-corrected chi connectivity index (χ1v) is 7.76. The van der Waals surface area contributed by atoms with Crippen molar-refractivity contribution in [2.45, 2.75) is 67.0 Å². The molecule has 4 nitrogen and oxygen atoms in total. The van der Waals surface area contributed by atoms with E-state index in [4.69, 9.17) is 17.4 Å². The number of nitrogens with zero attached hydrogens (tertiary/aromatic N) is 2. The average molecular weight is 301 g/mol. The van der Waals surface area contributed by atoms with E-state index in [0.717, 1.165) is 35.8 Å². The highest BCUT2D eigenvalue weighted by molar-refractivity contribution is 6.31. The molecule has 1 aromatic rings. The Morgan fingerprint density at radius 1 is 1.40 bits per heavy atom. The molecule has 0 saturated carbocycles. The molecule has 1 aromatic heterocycles. The van der Waals surface area contributed by atoms with Crippen LogP contribution in [0.3, 0.4) is 0 Å². The number of halogens is 1. The Bertz CT molecular complexity index is 434. The maximum Gasteiger partial charge on any atom is 0.0847 e. The smallest absolute Gasteiger partial charge is 0.0847 e. The summed E-state index contributed by atoms with van der Waals surface area (Å²) in [7, 11) is 0. The number of rotatable bonds is 6. The fraction of sp³-hybridized carbons (Fsp3) is 0.800. The highest BCUT2D eigenvalue weighted by Gasteiger charge is 2.25. The SMILES string of the molecule is CCn1nc(C)c(Cl)c1CC(CC(C)C(C)(C)C)NN. The fourth-order valence-corrected chi connectivity index (χ4v) is 2.50. The van der Waals surface area contributed by atoms with Crippen LogP contribution in [0.25, 0.3) is 0 Å². The Labute approximate surface area is 128 Å². The van der Waals surface area contributed by atoms with Gasteiger partial charge < -0.3 is 0 Å². The van der Waals surface area contributed by atoms with Gasteiger partial charge in [0.05, 0.1) is 16.4 Å². The van der Waals surface area contributed by atoms with Crippen molar-refractivity contribution in [3.63, 3.8) is 0 Å². The van der Waals surface area contributed by atoms with Gasteiger partial charge in [0.1, 0.15) is 0 Å². The normalized spacial score (nSPS) is 15.4. The van der Waals surface area contributed by atoms with Crippen molar-refractivity contribution in [2.24, 2.45) is 17.2 Å². The van der Waals surface area contributed by atoms with E-state index < -0.39 is 0 Å². The standard InChI is InChI=1S/C15H29ClN4/c1-7-20-13(14(16)11(3)19-20)9-12(18-17)8-10(2)15(4,5)6/h10,12,18H,7-9,17H2,1-6H3. The van der Waals surface area contributed by atoms with Crippen LogP contribution < -0.4 is 11.3 Å². The van der Waals surface area contributed by atoms with Gasteiger partial charge in [-0.3, -0.25) is 16.0 Å². The van der Waals surface area contributed by atoms with Gasteiger partial charge in [-0.15, -0.1) is 0 Å². The highest BCUT2D eigenvalue weighted by Crippen LogP contribution is 2.30. The Morgan fingerprint density at radius 2 is 2.00 bits per heavy atom. The summed E-state index contributed by atoms with van der Waals surface area (Å²) in [5.41, 5.74) is 5.19. The summed E-state index contributed by atoms with van der Waals surface area (Å²) in [5, 5.41) is 5.23. The summed E-state index contributed by atoms with van der Waals surface area (Å²) in [6.45, 7) is 13.9. The maximum atomic E-state index is 6.37. The number of aromatic nitrogens is 2. The molecule has 0 spiro atoms. The minimum Gasteiger partial charge on any atom is -0.271 e. The molecule has 1 rings (SSSR count). The fourth-order valence-electron chi connectivity index (χ4n) is 2.29. The van der Waals surface area contributed by atoms with E-state index in [9.17, 15) is 0 Å². The van der Waals surface area contributed by atoms with Crippen molar-refractivity contribution in [2.75, 3.05) is 0 Å². The zero-order valence-electron chi connectivity index (χ0n) is 13.6. The van der Waals surface area contributed by atoms with Crippen LogP contribution in [-0.2, 0) is 13.0 Å². The summed E-state index contributed by atoms with van der Waals surface area (Å²) >= 11 is 6.37. The van der Waals surface area contributed by atoms with Gasteiger partial charge in [-0.05, 0) is 31.6 Å². The van der Waals surface area contributed by atoms with Crippen LogP contribution in [0.5, 0.6) is 0 Å². The molecule has 1 heterocycles. The van der Waals surface area contributed by atoms with Crippen molar-refractivity contribution in [3.05, 3.63) is 16.4 Å². The predicted molar refractivity (Wildman–Crippen MR) is 85.7 cm³/mol. The molecule has 5 heteroatoms. The summed E-state index contributed by atoms with van der Waals surface area (Å²) < 4.78 is 1.98. The zero-order chi connectivity index (χ0) is 15.5. The number of aryl methyl sites for hydroxylation is 2. The minimum atomic E-state index is 0.211. The number of hydrogen-bond acceptors (Lipinski definition) is 3. The molecular formula is C15H29ClN4. The quantitative estimate of drug-likeness (QED) is 0.626. The minimum absolute atomic E-state index is 0.211. The molecule has 0 bridgehead atoms. The lowest BCUT2D eigenvalue weighted by atomic mass is 9.78. The molecule has 0 amide bonds. The van der Waals surface area contributed by atoms with Crippen LogP contribution in [0.1, 0.15) is 52.4 Å². The van der Waals surface area contributed by atoms with E-state index in [1.807, 2.05) is 11.6 Å². The molecule has 20 heavy (non-hydrogen) atoms. The van der Waals surface area contributed by atoms with Gasteiger partial charge in [0.2, 0.25) is 0 Å². The molecule has 0 aliphatic heterocycles. The van der Waals surface area contributed by atoms with Crippen molar-refractivity contribution in [1.29, 1.82) is 0 Å². The monoisotopic (exact) mass is 300 g/mol. The van der Waals surface area contributed by atoms with E-state index in [0.29, 0.717) is 5.92 Å². The van der Waals surface area contributed by atoms with E-state index in [1.54, 1.807) is 0 Å². The molecule has 0 aliphatic carbocycles. The Hall–Kier alpha value is -0.580. The van der Waals surface area contributed by atoms with E-state index >= 15 is 0 Å². The lowest BCUT2D eigenvalue weighted by molar-refractivity contribution is 0.221. The molecule has 0 aliphatic rings. The van der Waals surface area contributed by atoms with Gasteiger partial charge in [0, 0.05) is 19.0 Å². The second kappa shape index (κ2) is 6.92. The molecule has 0 fully saturated rings. The Balaban J connectivity index is 2.84. The largest absolute Gasteiger partial charge is 0.271 e. The molecular weight excluding hydrogens is 272 g/mol. The van der Waals surface area contributed by atoms with Gasteiger partial charge in [0.15, 0.2) is 0 Å².